The van der Waals surface area contributed by atoms with Gasteiger partial charge in [-0.2, -0.15) is 0 Å². The largest absolute Gasteiger partial charge is 0.335 e. The van der Waals surface area contributed by atoms with Crippen molar-refractivity contribution in [2.24, 2.45) is 0 Å². The average molecular weight is 342 g/mol. The van der Waals surface area contributed by atoms with Crippen molar-refractivity contribution in [2.45, 2.75) is 6.92 Å². The molecule has 1 aliphatic heterocycles. The van der Waals surface area contributed by atoms with Gasteiger partial charge in [0.15, 0.2) is 5.69 Å². The van der Waals surface area contributed by atoms with Crippen molar-refractivity contribution < 1.29 is 4.79 Å². The van der Waals surface area contributed by atoms with E-state index in [0.717, 1.165) is 18.8 Å². The second-order valence-corrected chi connectivity index (χ2v) is 5.34. The third-order valence-electron chi connectivity index (χ3n) is 3.58. The highest BCUT2D eigenvalue weighted by molar-refractivity contribution is 6.32. The fraction of sp³-hybridized carbons (Fsp3) is 0.357. The minimum Gasteiger partial charge on any atom is -0.335 e. The summed E-state index contributed by atoms with van der Waals surface area (Å²) in [5, 5.41) is 11.9. The smallest absolute Gasteiger partial charge is 0.276 e. The molecule has 8 heteroatoms. The Morgan fingerprint density at radius 2 is 1.95 bits per heavy atom. The normalized spacial score (nSPS) is 14.5. The Morgan fingerprint density at radius 3 is 2.64 bits per heavy atom. The SMILES string of the molecule is Cc1c(C(=O)N2CCNCC2)nnn1-c1ccccc1Cl.Cl. The number of carbonyl (C=O) groups excluding carboxylic acids is 1. The molecule has 0 atom stereocenters. The average Bonchev–Trinajstić information content (AvgIpc) is 2.89. The van der Waals surface area contributed by atoms with Crippen LogP contribution in [-0.2, 0) is 0 Å². The van der Waals surface area contributed by atoms with Gasteiger partial charge in [0.05, 0.1) is 16.4 Å². The summed E-state index contributed by atoms with van der Waals surface area (Å²) in [7, 11) is 0. The Labute approximate surface area is 139 Å². The van der Waals surface area contributed by atoms with Gasteiger partial charge in [0, 0.05) is 26.2 Å². The molecule has 1 aliphatic rings. The molecule has 3 rings (SSSR count). The first kappa shape index (κ1) is 16.7. The summed E-state index contributed by atoms with van der Waals surface area (Å²) < 4.78 is 1.61. The highest BCUT2D eigenvalue weighted by Gasteiger charge is 2.24. The van der Waals surface area contributed by atoms with Gasteiger partial charge in [-0.15, -0.1) is 17.5 Å². The molecule has 1 saturated heterocycles. The molecule has 0 saturated carbocycles. The number of piperazine rings is 1. The van der Waals surface area contributed by atoms with E-state index < -0.39 is 0 Å². The molecule has 6 nitrogen and oxygen atoms in total. The Hall–Kier alpha value is -1.63. The van der Waals surface area contributed by atoms with Gasteiger partial charge < -0.3 is 10.2 Å². The van der Waals surface area contributed by atoms with Crippen molar-refractivity contribution in [3.63, 3.8) is 0 Å². The summed E-state index contributed by atoms with van der Waals surface area (Å²) in [6.45, 7) is 4.83. The molecule has 0 unspecified atom stereocenters. The lowest BCUT2D eigenvalue weighted by Crippen LogP contribution is -2.46. The maximum absolute atomic E-state index is 12.5. The molecule has 2 aromatic rings. The van der Waals surface area contributed by atoms with Crippen molar-refractivity contribution in [2.75, 3.05) is 26.2 Å². The topological polar surface area (TPSA) is 63.1 Å². The van der Waals surface area contributed by atoms with Crippen LogP contribution in [0.25, 0.3) is 5.69 Å². The first-order chi connectivity index (χ1) is 10.2. The van der Waals surface area contributed by atoms with Crippen LogP contribution in [0.3, 0.4) is 0 Å². The van der Waals surface area contributed by atoms with Gasteiger partial charge in [0.2, 0.25) is 0 Å². The summed E-state index contributed by atoms with van der Waals surface area (Å²) in [6.07, 6.45) is 0. The van der Waals surface area contributed by atoms with Crippen LogP contribution in [0.1, 0.15) is 16.2 Å². The van der Waals surface area contributed by atoms with Gasteiger partial charge >= 0.3 is 0 Å². The number of nitrogens with zero attached hydrogens (tertiary/aromatic N) is 4. The molecule has 0 bridgehead atoms. The third-order valence-corrected chi connectivity index (χ3v) is 3.90. The zero-order valence-electron chi connectivity index (χ0n) is 12.1. The minimum atomic E-state index is -0.0766. The lowest BCUT2D eigenvalue weighted by molar-refractivity contribution is 0.0729. The summed E-state index contributed by atoms with van der Waals surface area (Å²) >= 11 is 6.18. The van der Waals surface area contributed by atoms with Crippen molar-refractivity contribution in [3.8, 4) is 5.69 Å². The lowest BCUT2D eigenvalue weighted by Gasteiger charge is -2.26. The van der Waals surface area contributed by atoms with Gasteiger partial charge in [0.1, 0.15) is 0 Å². The van der Waals surface area contributed by atoms with Crippen LogP contribution in [0.2, 0.25) is 5.02 Å². The number of amides is 1. The summed E-state index contributed by atoms with van der Waals surface area (Å²) in [6, 6.07) is 7.36. The van der Waals surface area contributed by atoms with Crippen LogP contribution in [0, 0.1) is 6.92 Å². The third kappa shape index (κ3) is 3.09. The standard InChI is InChI=1S/C14H16ClN5O.ClH/c1-10-13(14(21)19-8-6-16-7-9-19)17-18-20(10)12-5-3-2-4-11(12)15;/h2-5,16H,6-9H2,1H3;1H. The Balaban J connectivity index is 0.00000176. The van der Waals surface area contributed by atoms with Gasteiger partial charge in [-0.3, -0.25) is 4.79 Å². The number of rotatable bonds is 2. The molecule has 118 valence electrons. The zero-order chi connectivity index (χ0) is 14.8. The van der Waals surface area contributed by atoms with E-state index in [1.54, 1.807) is 15.6 Å². The van der Waals surface area contributed by atoms with E-state index in [9.17, 15) is 4.79 Å². The first-order valence-corrected chi connectivity index (χ1v) is 7.23. The summed E-state index contributed by atoms with van der Waals surface area (Å²) in [5.41, 5.74) is 1.81. The number of carbonyl (C=O) groups is 1. The summed E-state index contributed by atoms with van der Waals surface area (Å²) in [5.74, 6) is -0.0766. The highest BCUT2D eigenvalue weighted by atomic mass is 35.5. The van der Waals surface area contributed by atoms with Crippen LogP contribution < -0.4 is 5.32 Å². The molecule has 1 aromatic carbocycles. The second-order valence-electron chi connectivity index (χ2n) is 4.93. The number of para-hydroxylation sites is 1. The molecule has 22 heavy (non-hydrogen) atoms. The predicted octanol–water partition coefficient (Wildman–Crippen LogP) is 1.70. The van der Waals surface area contributed by atoms with Crippen molar-refractivity contribution in [3.05, 3.63) is 40.7 Å². The molecule has 1 amide bonds. The minimum absolute atomic E-state index is 0. The maximum Gasteiger partial charge on any atom is 0.276 e. The molecule has 0 spiro atoms. The van der Waals surface area contributed by atoms with E-state index in [0.29, 0.717) is 29.5 Å². The number of halogens is 2. The van der Waals surface area contributed by atoms with E-state index in [4.69, 9.17) is 11.6 Å². The van der Waals surface area contributed by atoms with E-state index in [2.05, 4.69) is 15.6 Å². The Bertz CT molecular complexity index is 667. The molecule has 1 aromatic heterocycles. The molecule has 1 fully saturated rings. The fourth-order valence-electron chi connectivity index (χ4n) is 2.40. The van der Waals surface area contributed by atoms with Crippen molar-refractivity contribution >= 4 is 29.9 Å². The zero-order valence-corrected chi connectivity index (χ0v) is 13.7. The molecule has 2 heterocycles. The van der Waals surface area contributed by atoms with Gasteiger partial charge in [-0.25, -0.2) is 4.68 Å². The molecule has 0 radical (unpaired) electrons. The number of hydrogen-bond donors (Lipinski definition) is 1. The van der Waals surface area contributed by atoms with E-state index >= 15 is 0 Å². The maximum atomic E-state index is 12.5. The van der Waals surface area contributed by atoms with E-state index in [-0.39, 0.29) is 18.3 Å². The second kappa shape index (κ2) is 7.09. The van der Waals surface area contributed by atoms with Crippen LogP contribution in [0.5, 0.6) is 0 Å². The monoisotopic (exact) mass is 341 g/mol. The lowest BCUT2D eigenvalue weighted by atomic mass is 10.2. The van der Waals surface area contributed by atoms with Gasteiger partial charge in [-0.1, -0.05) is 28.9 Å². The fourth-order valence-corrected chi connectivity index (χ4v) is 2.61. The first-order valence-electron chi connectivity index (χ1n) is 6.85. The predicted molar refractivity (Wildman–Crippen MR) is 87.1 cm³/mol. The quantitative estimate of drug-likeness (QED) is 0.902. The summed E-state index contributed by atoms with van der Waals surface area (Å²) in [4.78, 5) is 14.3. The van der Waals surface area contributed by atoms with Gasteiger partial charge in [0.25, 0.3) is 5.91 Å². The van der Waals surface area contributed by atoms with Crippen molar-refractivity contribution in [1.29, 1.82) is 0 Å². The van der Waals surface area contributed by atoms with Crippen LogP contribution in [-0.4, -0.2) is 52.0 Å². The number of aromatic nitrogens is 3. The molecule has 1 N–H and O–H groups in total. The highest BCUT2D eigenvalue weighted by Crippen LogP contribution is 2.21. The number of hydrogen-bond acceptors (Lipinski definition) is 4. The van der Waals surface area contributed by atoms with Crippen molar-refractivity contribution in [1.82, 2.24) is 25.2 Å². The number of benzene rings is 1. The van der Waals surface area contributed by atoms with Crippen LogP contribution >= 0.6 is 24.0 Å². The molecule has 0 aliphatic carbocycles. The molecular weight excluding hydrogens is 325 g/mol. The number of nitrogens with one attached hydrogen (secondary N) is 1. The van der Waals surface area contributed by atoms with Crippen LogP contribution in [0.15, 0.2) is 24.3 Å². The Kier molecular flexibility index (Phi) is 5.39. The van der Waals surface area contributed by atoms with Gasteiger partial charge in [-0.05, 0) is 19.1 Å². The van der Waals surface area contributed by atoms with E-state index in [1.165, 1.54) is 0 Å². The van der Waals surface area contributed by atoms with E-state index in [1.807, 2.05) is 25.1 Å². The van der Waals surface area contributed by atoms with Crippen LogP contribution in [0.4, 0.5) is 0 Å². The molecular formula is C14H17Cl2N5O. The Morgan fingerprint density at radius 1 is 1.27 bits per heavy atom.